The molecule has 2 heterocycles. The number of hydrogen-bond donors (Lipinski definition) is 0. The van der Waals surface area contributed by atoms with Crippen LogP contribution in [0.3, 0.4) is 0 Å². The first-order valence-corrected chi connectivity index (χ1v) is 6.25. The number of carbonyl (C=O) groups is 1. The van der Waals surface area contributed by atoms with Crippen LogP contribution in [-0.2, 0) is 16.1 Å². The average molecular weight is 225 g/mol. The number of hydroxylamine groups is 2. The molecule has 0 spiro atoms. The quantitative estimate of drug-likeness (QED) is 0.789. The maximum atomic E-state index is 11.7. The van der Waals surface area contributed by atoms with Crippen LogP contribution in [0.5, 0.6) is 0 Å². The van der Waals surface area contributed by atoms with Crippen LogP contribution < -0.4 is 0 Å². The van der Waals surface area contributed by atoms with Gasteiger partial charge >= 0.3 is 0 Å². The maximum absolute atomic E-state index is 11.7. The lowest BCUT2D eigenvalue weighted by molar-refractivity contribution is -0.197. The Kier molecular flexibility index (Phi) is 3.75. The van der Waals surface area contributed by atoms with Crippen molar-refractivity contribution < 1.29 is 9.63 Å². The summed E-state index contributed by atoms with van der Waals surface area (Å²) in [4.78, 5) is 17.0. The first-order valence-electron chi connectivity index (χ1n) is 5.30. The third-order valence-corrected chi connectivity index (χ3v) is 3.22. The number of thiophene rings is 1. The highest BCUT2D eigenvalue weighted by Gasteiger charge is 2.17. The van der Waals surface area contributed by atoms with Crippen LogP contribution in [0.15, 0.2) is 16.8 Å². The molecule has 3 nitrogen and oxygen atoms in total. The molecule has 0 N–H and O–H groups in total. The van der Waals surface area contributed by atoms with Crippen LogP contribution in [0.25, 0.3) is 0 Å². The predicted molar refractivity (Wildman–Crippen MR) is 59.5 cm³/mol. The molecule has 1 saturated heterocycles. The van der Waals surface area contributed by atoms with Crippen molar-refractivity contribution in [1.29, 1.82) is 0 Å². The second-order valence-electron chi connectivity index (χ2n) is 3.67. The number of rotatable bonds is 3. The van der Waals surface area contributed by atoms with Gasteiger partial charge in [-0.1, -0.05) is 0 Å². The number of amides is 1. The molecule has 15 heavy (non-hydrogen) atoms. The van der Waals surface area contributed by atoms with Gasteiger partial charge in [-0.25, -0.2) is 5.06 Å². The summed E-state index contributed by atoms with van der Waals surface area (Å²) in [6.45, 7) is 1.44. The van der Waals surface area contributed by atoms with Gasteiger partial charge in [-0.3, -0.25) is 9.63 Å². The Hall–Kier alpha value is -0.870. The molecule has 4 heteroatoms. The summed E-state index contributed by atoms with van der Waals surface area (Å²) >= 11 is 1.67. The fourth-order valence-corrected chi connectivity index (χ4v) is 2.31. The van der Waals surface area contributed by atoms with Gasteiger partial charge in [-0.2, -0.15) is 11.3 Å². The van der Waals surface area contributed by atoms with Crippen LogP contribution in [-0.4, -0.2) is 24.1 Å². The second kappa shape index (κ2) is 5.28. The first-order chi connectivity index (χ1) is 7.36. The number of aryl methyl sites for hydroxylation is 1. The largest absolute Gasteiger partial charge is 0.273 e. The third-order valence-electron chi connectivity index (χ3n) is 2.49. The molecule has 82 valence electrons. The van der Waals surface area contributed by atoms with Crippen molar-refractivity contribution in [1.82, 2.24) is 5.06 Å². The van der Waals surface area contributed by atoms with Gasteiger partial charge in [0.2, 0.25) is 5.91 Å². The van der Waals surface area contributed by atoms with E-state index in [4.69, 9.17) is 4.84 Å². The Bertz CT molecular complexity index is 304. The molecule has 2 rings (SSSR count). The minimum atomic E-state index is 0.112. The fraction of sp³-hybridized carbons (Fsp3) is 0.545. The second-order valence-corrected chi connectivity index (χ2v) is 4.45. The lowest BCUT2D eigenvalue weighted by Gasteiger charge is -2.25. The summed E-state index contributed by atoms with van der Waals surface area (Å²) in [6.07, 6.45) is 3.50. The Morgan fingerprint density at radius 3 is 3.13 bits per heavy atom. The van der Waals surface area contributed by atoms with E-state index < -0.39 is 0 Å². The fourth-order valence-electron chi connectivity index (χ4n) is 1.60. The van der Waals surface area contributed by atoms with Gasteiger partial charge < -0.3 is 0 Å². The van der Waals surface area contributed by atoms with Crippen LogP contribution >= 0.6 is 11.3 Å². The molecule has 1 amide bonds. The van der Waals surface area contributed by atoms with Crippen molar-refractivity contribution in [3.05, 3.63) is 22.4 Å². The highest BCUT2D eigenvalue weighted by Crippen LogP contribution is 2.12. The zero-order valence-corrected chi connectivity index (χ0v) is 9.46. The van der Waals surface area contributed by atoms with E-state index in [-0.39, 0.29) is 5.91 Å². The van der Waals surface area contributed by atoms with Crippen molar-refractivity contribution >= 4 is 17.2 Å². The normalized spacial score (nSPS) is 16.7. The van der Waals surface area contributed by atoms with E-state index >= 15 is 0 Å². The molecule has 0 radical (unpaired) electrons. The van der Waals surface area contributed by atoms with Crippen molar-refractivity contribution in [3.63, 3.8) is 0 Å². The average Bonchev–Trinajstić information content (AvgIpc) is 2.80. The Labute approximate surface area is 93.6 Å². The third kappa shape index (κ3) is 3.04. The standard InChI is InChI=1S/C11H15NO2S/c13-11(12-6-1-2-7-14-12)4-3-10-5-8-15-9-10/h5,8-9H,1-4,6-7H2. The SMILES string of the molecule is O=C(CCc1ccsc1)N1CCCCO1. The van der Waals surface area contributed by atoms with Gasteiger partial charge in [0, 0.05) is 13.0 Å². The zero-order chi connectivity index (χ0) is 10.5. The van der Waals surface area contributed by atoms with Crippen molar-refractivity contribution in [2.24, 2.45) is 0 Å². The summed E-state index contributed by atoms with van der Waals surface area (Å²) in [5.74, 6) is 0.112. The number of carbonyl (C=O) groups excluding carboxylic acids is 1. The van der Waals surface area contributed by atoms with E-state index in [1.165, 1.54) is 10.6 Å². The smallest absolute Gasteiger partial charge is 0.246 e. The van der Waals surface area contributed by atoms with Gasteiger partial charge in [-0.15, -0.1) is 0 Å². The molecule has 0 bridgehead atoms. The Balaban J connectivity index is 1.76. The molecular formula is C11H15NO2S. The molecule has 0 aromatic carbocycles. The minimum absolute atomic E-state index is 0.112. The summed E-state index contributed by atoms with van der Waals surface area (Å²) < 4.78 is 0. The Morgan fingerprint density at radius 2 is 2.47 bits per heavy atom. The molecule has 1 aliphatic rings. The molecule has 0 aliphatic carbocycles. The topological polar surface area (TPSA) is 29.5 Å². The molecule has 0 unspecified atom stereocenters. The van der Waals surface area contributed by atoms with Crippen LogP contribution in [0.4, 0.5) is 0 Å². The van der Waals surface area contributed by atoms with Crippen LogP contribution in [0, 0.1) is 0 Å². The molecule has 0 saturated carbocycles. The maximum Gasteiger partial charge on any atom is 0.246 e. The van der Waals surface area contributed by atoms with Crippen LogP contribution in [0.2, 0.25) is 0 Å². The van der Waals surface area contributed by atoms with E-state index in [0.29, 0.717) is 13.0 Å². The monoisotopic (exact) mass is 225 g/mol. The molecular weight excluding hydrogens is 210 g/mol. The molecule has 1 aromatic heterocycles. The van der Waals surface area contributed by atoms with Gasteiger partial charge in [0.15, 0.2) is 0 Å². The molecule has 1 aromatic rings. The predicted octanol–water partition coefficient (Wildman–Crippen LogP) is 2.23. The number of nitrogens with zero attached hydrogens (tertiary/aromatic N) is 1. The van der Waals surface area contributed by atoms with Crippen molar-refractivity contribution in [3.8, 4) is 0 Å². The van der Waals surface area contributed by atoms with Crippen LogP contribution in [0.1, 0.15) is 24.8 Å². The minimum Gasteiger partial charge on any atom is -0.273 e. The number of hydrogen-bond acceptors (Lipinski definition) is 3. The van der Waals surface area contributed by atoms with E-state index in [1.54, 1.807) is 11.3 Å². The molecule has 1 fully saturated rings. The Morgan fingerprint density at radius 1 is 1.53 bits per heavy atom. The van der Waals surface area contributed by atoms with Crippen molar-refractivity contribution in [2.75, 3.05) is 13.2 Å². The van der Waals surface area contributed by atoms with Crippen molar-refractivity contribution in [2.45, 2.75) is 25.7 Å². The zero-order valence-electron chi connectivity index (χ0n) is 8.65. The lowest BCUT2D eigenvalue weighted by atomic mass is 10.2. The summed E-state index contributed by atoms with van der Waals surface area (Å²) in [7, 11) is 0. The lowest BCUT2D eigenvalue weighted by Crippen LogP contribution is -2.35. The summed E-state index contributed by atoms with van der Waals surface area (Å²) in [5.41, 5.74) is 1.24. The summed E-state index contributed by atoms with van der Waals surface area (Å²) in [6, 6.07) is 2.06. The van der Waals surface area contributed by atoms with Gasteiger partial charge in [0.1, 0.15) is 0 Å². The molecule has 1 aliphatic heterocycles. The van der Waals surface area contributed by atoms with E-state index in [0.717, 1.165) is 25.8 Å². The summed E-state index contributed by atoms with van der Waals surface area (Å²) in [5, 5.41) is 5.65. The van der Waals surface area contributed by atoms with E-state index in [9.17, 15) is 4.79 Å². The molecule has 0 atom stereocenters. The van der Waals surface area contributed by atoms with Gasteiger partial charge in [-0.05, 0) is 41.7 Å². The first kappa shape index (κ1) is 10.6. The van der Waals surface area contributed by atoms with E-state index in [1.807, 2.05) is 5.38 Å². The van der Waals surface area contributed by atoms with Gasteiger partial charge in [0.25, 0.3) is 0 Å². The van der Waals surface area contributed by atoms with E-state index in [2.05, 4.69) is 11.4 Å². The van der Waals surface area contributed by atoms with Gasteiger partial charge in [0.05, 0.1) is 6.61 Å². The highest BCUT2D eigenvalue weighted by atomic mass is 32.1. The highest BCUT2D eigenvalue weighted by molar-refractivity contribution is 7.07.